The van der Waals surface area contributed by atoms with E-state index in [4.69, 9.17) is 58.0 Å². The van der Waals surface area contributed by atoms with Gasteiger partial charge in [-0.3, -0.25) is 0 Å². The average molecular weight is 701 g/mol. The highest BCUT2D eigenvalue weighted by molar-refractivity contribution is 14.1. The van der Waals surface area contributed by atoms with Gasteiger partial charge in [0, 0.05) is 0 Å². The molecular formula is C20H8Cl5IN6S2. The lowest BCUT2D eigenvalue weighted by Gasteiger charge is -1.94. The molecule has 0 fully saturated rings. The average Bonchev–Trinajstić information content (AvgIpc) is 3.57. The molecule has 0 aromatic carbocycles. The predicted molar refractivity (Wildman–Crippen MR) is 150 cm³/mol. The fraction of sp³-hybridized carbons (Fsp3) is 0. The summed E-state index contributed by atoms with van der Waals surface area (Å²) in [6, 6.07) is 14.5. The molecule has 0 unspecified atom stereocenters. The number of thiophene rings is 2. The second kappa shape index (κ2) is 10.1. The molecule has 0 atom stereocenters. The summed E-state index contributed by atoms with van der Waals surface area (Å²) in [6.45, 7) is 0. The molecule has 0 spiro atoms. The minimum Gasteiger partial charge on any atom is -0.225 e. The second-order valence-corrected chi connectivity index (χ2v) is 12.1. The van der Waals surface area contributed by atoms with E-state index in [1.54, 1.807) is 22.7 Å². The van der Waals surface area contributed by atoms with Crippen LogP contribution in [0.4, 0.5) is 0 Å². The molecule has 6 aromatic rings. The summed E-state index contributed by atoms with van der Waals surface area (Å²) in [7, 11) is 0. The summed E-state index contributed by atoms with van der Waals surface area (Å²) >= 11 is 34.8. The topological polar surface area (TPSA) is 60.4 Å². The standard InChI is InChI=1S/C10H4Cl3N3S.C10H4Cl2IN3S/c2*11-6-2-4-8-14-9(10(13)16(8)15-6)5-1-3-7(12)17-5/h2*1-4H. The van der Waals surface area contributed by atoms with Gasteiger partial charge in [-0.25, -0.2) is 19.0 Å². The van der Waals surface area contributed by atoms with Gasteiger partial charge in [0.25, 0.3) is 0 Å². The Bertz CT molecular complexity index is 1530. The molecule has 0 N–H and O–H groups in total. The number of hydrogen-bond acceptors (Lipinski definition) is 6. The molecule has 0 aliphatic carbocycles. The summed E-state index contributed by atoms with van der Waals surface area (Å²) in [5.74, 6) is 0. The van der Waals surface area contributed by atoms with Gasteiger partial charge in [-0.05, 0) is 71.1 Å². The summed E-state index contributed by atoms with van der Waals surface area (Å²) in [5, 5.41) is 9.55. The first-order valence-electron chi connectivity index (χ1n) is 9.23. The summed E-state index contributed by atoms with van der Waals surface area (Å²) in [6.07, 6.45) is 0. The molecule has 0 saturated heterocycles. The molecule has 6 nitrogen and oxygen atoms in total. The minimum atomic E-state index is 0.368. The molecule has 6 heterocycles. The van der Waals surface area contributed by atoms with Crippen LogP contribution in [0, 0.1) is 3.70 Å². The van der Waals surface area contributed by atoms with E-state index in [2.05, 4.69) is 42.8 Å². The highest BCUT2D eigenvalue weighted by Gasteiger charge is 2.16. The molecule has 0 radical (unpaired) electrons. The Morgan fingerprint density at radius 2 is 1.12 bits per heavy atom. The summed E-state index contributed by atoms with van der Waals surface area (Å²) < 4.78 is 5.61. The normalized spacial score (nSPS) is 11.2. The van der Waals surface area contributed by atoms with Crippen LogP contribution in [0.1, 0.15) is 0 Å². The van der Waals surface area contributed by atoms with E-state index < -0.39 is 0 Å². The molecule has 6 aromatic heterocycles. The zero-order valence-electron chi connectivity index (χ0n) is 16.4. The van der Waals surface area contributed by atoms with E-state index in [0.29, 0.717) is 31.1 Å². The molecule has 172 valence electrons. The van der Waals surface area contributed by atoms with Gasteiger partial charge < -0.3 is 0 Å². The van der Waals surface area contributed by atoms with E-state index in [-0.39, 0.29) is 0 Å². The molecule has 14 heteroatoms. The van der Waals surface area contributed by atoms with E-state index in [1.165, 1.54) is 27.2 Å². The number of fused-ring (bicyclic) bond motifs is 2. The van der Waals surface area contributed by atoms with Crippen LogP contribution in [0.15, 0.2) is 48.5 Å². The third-order valence-electron chi connectivity index (χ3n) is 4.39. The van der Waals surface area contributed by atoms with Crippen molar-refractivity contribution in [3.05, 3.63) is 76.4 Å². The van der Waals surface area contributed by atoms with E-state index >= 15 is 0 Å². The maximum absolute atomic E-state index is 6.22. The van der Waals surface area contributed by atoms with Gasteiger partial charge in [0.1, 0.15) is 25.4 Å². The third-order valence-corrected chi connectivity index (χ3v) is 8.58. The number of rotatable bonds is 2. The Morgan fingerprint density at radius 3 is 1.68 bits per heavy atom. The van der Waals surface area contributed by atoms with Crippen molar-refractivity contribution in [3.63, 3.8) is 0 Å². The lowest BCUT2D eigenvalue weighted by atomic mass is 10.4. The molecular weight excluding hydrogens is 693 g/mol. The van der Waals surface area contributed by atoms with Crippen LogP contribution in [-0.4, -0.2) is 29.2 Å². The van der Waals surface area contributed by atoms with E-state index in [0.717, 1.165) is 29.1 Å². The van der Waals surface area contributed by atoms with Gasteiger partial charge in [-0.2, -0.15) is 10.2 Å². The van der Waals surface area contributed by atoms with Crippen LogP contribution < -0.4 is 0 Å². The molecule has 0 amide bonds. The van der Waals surface area contributed by atoms with Crippen LogP contribution in [0.2, 0.25) is 24.1 Å². The first-order valence-corrected chi connectivity index (χ1v) is 13.8. The van der Waals surface area contributed by atoms with Crippen LogP contribution in [0.25, 0.3) is 32.4 Å². The Balaban J connectivity index is 0.000000142. The van der Waals surface area contributed by atoms with E-state index in [1.807, 2.05) is 30.3 Å². The van der Waals surface area contributed by atoms with Gasteiger partial charge in [0.2, 0.25) is 0 Å². The second-order valence-electron chi connectivity index (χ2n) is 6.56. The number of aromatic nitrogens is 6. The first-order chi connectivity index (χ1) is 16.3. The predicted octanol–water partition coefficient (Wildman–Crippen LogP) is 8.79. The molecule has 6 rings (SSSR count). The van der Waals surface area contributed by atoms with Crippen molar-refractivity contribution >= 4 is 115 Å². The highest BCUT2D eigenvalue weighted by Crippen LogP contribution is 2.35. The van der Waals surface area contributed by atoms with Crippen LogP contribution in [-0.2, 0) is 0 Å². The molecule has 0 bridgehead atoms. The molecule has 0 aliphatic rings. The van der Waals surface area contributed by atoms with Crippen molar-refractivity contribution in [2.75, 3.05) is 0 Å². The van der Waals surface area contributed by atoms with Crippen molar-refractivity contribution in [1.82, 2.24) is 29.2 Å². The quantitative estimate of drug-likeness (QED) is 0.170. The van der Waals surface area contributed by atoms with Gasteiger partial charge in [0.05, 0.1) is 18.4 Å². The maximum atomic E-state index is 6.22. The maximum Gasteiger partial charge on any atom is 0.160 e. The van der Waals surface area contributed by atoms with Crippen LogP contribution >= 0.6 is 103 Å². The van der Waals surface area contributed by atoms with Crippen molar-refractivity contribution in [2.24, 2.45) is 0 Å². The number of hydrogen-bond donors (Lipinski definition) is 0. The smallest absolute Gasteiger partial charge is 0.160 e. The van der Waals surface area contributed by atoms with E-state index in [9.17, 15) is 0 Å². The number of halogens is 6. The molecule has 34 heavy (non-hydrogen) atoms. The fourth-order valence-electron chi connectivity index (χ4n) is 2.96. The zero-order valence-corrected chi connectivity index (χ0v) is 24.0. The van der Waals surface area contributed by atoms with Crippen molar-refractivity contribution < 1.29 is 0 Å². The van der Waals surface area contributed by atoms with Gasteiger partial charge in [-0.15, -0.1) is 22.7 Å². The SMILES string of the molecule is Clc1ccc2nc(-c3ccc(Cl)s3)c(Cl)n2n1.Clc1ccc2nc(-c3ccc(Cl)s3)c(I)n2n1. The Labute approximate surface area is 239 Å². The monoisotopic (exact) mass is 698 g/mol. The van der Waals surface area contributed by atoms with Crippen molar-refractivity contribution in [1.29, 1.82) is 0 Å². The van der Waals surface area contributed by atoms with Crippen molar-refractivity contribution in [2.45, 2.75) is 0 Å². The fourth-order valence-corrected chi connectivity index (χ4v) is 6.58. The Hall–Kier alpha value is -1.18. The van der Waals surface area contributed by atoms with Crippen LogP contribution in [0.3, 0.4) is 0 Å². The van der Waals surface area contributed by atoms with Gasteiger partial charge in [0.15, 0.2) is 16.4 Å². The van der Waals surface area contributed by atoms with Gasteiger partial charge in [-0.1, -0.05) is 58.0 Å². The lowest BCUT2D eigenvalue weighted by molar-refractivity contribution is 0.915. The summed E-state index contributed by atoms with van der Waals surface area (Å²) in [5.41, 5.74) is 2.98. The number of imidazole rings is 2. The highest BCUT2D eigenvalue weighted by atomic mass is 127. The third kappa shape index (κ3) is 4.90. The van der Waals surface area contributed by atoms with Crippen molar-refractivity contribution in [3.8, 4) is 21.1 Å². The largest absolute Gasteiger partial charge is 0.225 e. The van der Waals surface area contributed by atoms with Gasteiger partial charge >= 0.3 is 0 Å². The van der Waals surface area contributed by atoms with Crippen LogP contribution in [0.5, 0.6) is 0 Å². The number of nitrogens with zero attached hydrogens (tertiary/aromatic N) is 6. The molecule has 0 saturated carbocycles. The molecule has 0 aliphatic heterocycles. The zero-order chi connectivity index (χ0) is 24.0. The summed E-state index contributed by atoms with van der Waals surface area (Å²) in [4.78, 5) is 10.9. The first kappa shape index (κ1) is 24.5. The Morgan fingerprint density at radius 1 is 0.618 bits per heavy atom. The Kier molecular flexibility index (Phi) is 7.25. The minimum absolute atomic E-state index is 0.368. The lowest BCUT2D eigenvalue weighted by Crippen LogP contribution is -1.93.